The number of esters is 3. The smallest absolute Gasteiger partial charge is 0.416 e. The minimum absolute atomic E-state index is 0.0543. The average molecular weight is 1790 g/mol. The summed E-state index contributed by atoms with van der Waals surface area (Å²) in [6.45, 7) is 24.7. The van der Waals surface area contributed by atoms with E-state index in [1.54, 1.807) is 105 Å². The number of anilines is 4. The summed E-state index contributed by atoms with van der Waals surface area (Å²) in [4.78, 5) is 78.8. The molecule has 30 heteroatoms. The molecule has 1 fully saturated rings. The van der Waals surface area contributed by atoms with E-state index < -0.39 is 64.2 Å². The van der Waals surface area contributed by atoms with E-state index in [9.17, 15) is 59.5 Å². The highest BCUT2D eigenvalue weighted by molar-refractivity contribution is 6.39. The van der Waals surface area contributed by atoms with Gasteiger partial charge < -0.3 is 39.6 Å². The molecule has 3 N–H and O–H groups in total. The quantitative estimate of drug-likeness (QED) is 0.0229. The highest BCUT2D eigenvalue weighted by atomic mass is 35.5. The number of β-lactam (4-membered cyclic amide) rings is 1. The zero-order chi connectivity index (χ0) is 91.7. The Bertz CT molecular complexity index is 5820. The summed E-state index contributed by atoms with van der Waals surface area (Å²) >= 11 is 23.9. The lowest BCUT2D eigenvalue weighted by molar-refractivity contribution is -0.141. The van der Waals surface area contributed by atoms with Crippen molar-refractivity contribution in [1.29, 1.82) is 0 Å². The van der Waals surface area contributed by atoms with Gasteiger partial charge in [0.05, 0.1) is 54.6 Å². The van der Waals surface area contributed by atoms with Gasteiger partial charge in [-0.2, -0.15) is 36.2 Å². The third-order valence-electron chi connectivity index (χ3n) is 18.2. The molecule has 0 atom stereocenters. The summed E-state index contributed by atoms with van der Waals surface area (Å²) in [5, 5.41) is 21.2. The van der Waals surface area contributed by atoms with E-state index in [1.165, 1.54) is 34.3 Å². The number of ether oxygens (including phenoxy) is 3. The predicted octanol–water partition coefficient (Wildman–Crippen LogP) is 25.2. The second kappa shape index (κ2) is 44.4. The number of pyridine rings is 1. The predicted molar refractivity (Wildman–Crippen MR) is 473 cm³/mol. The maximum absolute atomic E-state index is 13.3. The Morgan fingerprint density at radius 2 is 0.984 bits per heavy atom. The monoisotopic (exact) mass is 1790 g/mol. The van der Waals surface area contributed by atoms with Crippen molar-refractivity contribution in [2.45, 2.75) is 102 Å². The number of amides is 4. The molecule has 0 bridgehead atoms. The zero-order valence-electron chi connectivity index (χ0n) is 70.1. The van der Waals surface area contributed by atoms with E-state index in [1.807, 2.05) is 202 Å². The number of alkyl halides is 7. The normalized spacial score (nSPS) is 11.7. The Hall–Kier alpha value is -13.0. The third-order valence-corrected chi connectivity index (χ3v) is 19.8. The third kappa shape index (κ3) is 29.1. The second-order valence-corrected chi connectivity index (χ2v) is 31.1. The fraction of sp³-hybridized carbons (Fsp3) is 0.200. The Labute approximate surface area is 738 Å². The van der Waals surface area contributed by atoms with Crippen LogP contribution in [0.4, 0.5) is 58.3 Å². The SMILES string of the molecule is Cc1cc(C(F)(F)F)ccc1C(F)(F)F.Cc1ccc(N2CC(C)(C)C2=O)cc1.Cc1ccc(NC(=O)C(C)(C)CCl)cc1.Cc1ccc(NC(=O)Nc2ccccc2F)cc1.Cc1ccc(OC(=O)c2c(-c3c(Cl)cccc3Cl)noc2C)cc1.Cc1ccc(OC(=O)c2cccnc2Cl)cc1.Cc1ccc(OC(=O)c2nn(-c3ccccc3)nc2C)cc1. The van der Waals surface area contributed by atoms with Gasteiger partial charge in [0.1, 0.15) is 45.2 Å². The molecular weight excluding hydrogens is 1700 g/mol. The molecule has 10 aromatic carbocycles. The number of benzene rings is 10. The summed E-state index contributed by atoms with van der Waals surface area (Å²) in [6, 6.07) is 69.4. The molecule has 4 heterocycles. The molecule has 0 spiro atoms. The molecular formula is C95H88Cl4F7N9O10. The number of rotatable bonds is 14. The number of nitrogens with one attached hydrogen (secondary N) is 3. The summed E-state index contributed by atoms with van der Waals surface area (Å²) in [7, 11) is 0. The summed E-state index contributed by atoms with van der Waals surface area (Å²) in [5.41, 5.74) is 8.85. The van der Waals surface area contributed by atoms with Crippen molar-refractivity contribution in [1.82, 2.24) is 25.1 Å². The molecule has 13 aromatic rings. The maximum Gasteiger partial charge on any atom is 0.416 e. The summed E-state index contributed by atoms with van der Waals surface area (Å²) in [5.74, 6) is 0.161. The van der Waals surface area contributed by atoms with Gasteiger partial charge in [-0.3, -0.25) is 9.59 Å². The number of hydrogen-bond donors (Lipinski definition) is 3. The molecule has 1 aliphatic rings. The number of carbonyl (C=O) groups is 6. The second-order valence-electron chi connectivity index (χ2n) is 29.7. The van der Waals surface area contributed by atoms with Crippen molar-refractivity contribution in [2.24, 2.45) is 10.8 Å². The van der Waals surface area contributed by atoms with E-state index >= 15 is 0 Å². The van der Waals surface area contributed by atoms with Gasteiger partial charge in [0.2, 0.25) is 11.8 Å². The van der Waals surface area contributed by atoms with Crippen molar-refractivity contribution in [3.05, 3.63) is 354 Å². The first kappa shape index (κ1) is 97.4. The molecule has 19 nitrogen and oxygen atoms in total. The largest absolute Gasteiger partial charge is 0.423 e. The molecule has 1 saturated heterocycles. The number of para-hydroxylation sites is 2. The van der Waals surface area contributed by atoms with Gasteiger partial charge in [-0.25, -0.2) is 28.6 Å². The molecule has 0 saturated carbocycles. The number of aryl methyl sites for hydroxylation is 9. The van der Waals surface area contributed by atoms with Crippen molar-refractivity contribution in [3.8, 4) is 34.2 Å². The van der Waals surface area contributed by atoms with Crippen LogP contribution in [0.15, 0.2) is 259 Å². The zero-order valence-corrected chi connectivity index (χ0v) is 73.1. The number of carbonyl (C=O) groups excluding carboxylic acids is 6. The van der Waals surface area contributed by atoms with Gasteiger partial charge in [-0.05, 0) is 235 Å². The van der Waals surface area contributed by atoms with Crippen LogP contribution in [0.25, 0.3) is 16.9 Å². The first-order chi connectivity index (χ1) is 59.0. The highest BCUT2D eigenvalue weighted by Gasteiger charge is 2.45. The fourth-order valence-electron chi connectivity index (χ4n) is 11.0. The van der Waals surface area contributed by atoms with Crippen LogP contribution in [0.2, 0.25) is 15.2 Å². The van der Waals surface area contributed by atoms with Gasteiger partial charge in [0.25, 0.3) is 0 Å². The topological polar surface area (TPSA) is 239 Å². The first-order valence-electron chi connectivity index (χ1n) is 38.3. The van der Waals surface area contributed by atoms with Crippen LogP contribution in [-0.4, -0.2) is 73.3 Å². The van der Waals surface area contributed by atoms with Crippen LogP contribution in [-0.2, 0) is 21.9 Å². The molecule has 0 unspecified atom stereocenters. The van der Waals surface area contributed by atoms with Crippen LogP contribution in [0.5, 0.6) is 17.2 Å². The fourth-order valence-corrected chi connectivity index (χ4v) is 11.9. The Balaban J connectivity index is 0.000000182. The minimum Gasteiger partial charge on any atom is -0.423 e. The van der Waals surface area contributed by atoms with Crippen molar-refractivity contribution in [2.75, 3.05) is 33.3 Å². The van der Waals surface area contributed by atoms with Gasteiger partial charge in [-0.15, -0.1) is 16.7 Å². The van der Waals surface area contributed by atoms with Crippen LogP contribution in [0.3, 0.4) is 0 Å². The van der Waals surface area contributed by atoms with Gasteiger partial charge in [-0.1, -0.05) is 183 Å². The van der Waals surface area contributed by atoms with Gasteiger partial charge in [0, 0.05) is 41.2 Å². The Morgan fingerprint density at radius 3 is 1.45 bits per heavy atom. The van der Waals surface area contributed by atoms with Crippen LogP contribution in [0, 0.1) is 79.0 Å². The summed E-state index contributed by atoms with van der Waals surface area (Å²) in [6.07, 6.45) is -7.71. The molecule has 650 valence electrons. The molecule has 0 aliphatic carbocycles. The summed E-state index contributed by atoms with van der Waals surface area (Å²) < 4.78 is 107. The number of halogens is 11. The van der Waals surface area contributed by atoms with Crippen LogP contribution >= 0.6 is 46.4 Å². The molecule has 3 aromatic heterocycles. The standard InChI is InChI=1S/C18H13Cl2NO3.C17H15N3O2.C14H13FN2O.C13H10ClNO2.C12H16ClNO.C12H15NO.C9H6F6/c1-10-6-8-12(9-7-10)23-18(22)15-11(2)24-21-17(15)16-13(19)4-3-5-14(16)20;1-12-8-10-15(11-9-12)22-17(21)16-13(2)18-20(19-16)14-6-4-3-5-7-14;1-10-6-8-11(9-7-10)16-14(18)17-13-5-3-2-4-12(13)15;1-9-4-6-10(7-5-9)17-13(16)11-3-2-8-15-12(11)14;1-9-4-6-10(7-5-9)14-11(15)12(2,3)8-13;1-9-4-6-10(7-5-9)13-8-12(2,3)11(13)14;1-5-4-6(8(10,11)12)2-3-7(5)9(13,14)15/h3-9H,1-2H3;3-11H,1-2H3;2-9H,1H3,(H2,16,17,18);2-8H,1H3;4-7H,8H2,1-3H3,(H,14,15);4-7H,8H2,1-3H3;2-4H,1H3. The highest BCUT2D eigenvalue weighted by Crippen LogP contribution is 2.40. The van der Waals surface area contributed by atoms with E-state index in [0.717, 1.165) is 52.8 Å². The van der Waals surface area contributed by atoms with Gasteiger partial charge in [0.15, 0.2) is 5.69 Å². The number of aromatic nitrogens is 5. The molecule has 14 rings (SSSR count). The van der Waals surface area contributed by atoms with Crippen LogP contribution < -0.4 is 35.1 Å². The lowest BCUT2D eigenvalue weighted by Gasteiger charge is -2.44. The lowest BCUT2D eigenvalue weighted by Crippen LogP contribution is -2.58. The molecule has 125 heavy (non-hydrogen) atoms. The average Bonchev–Trinajstić information content (AvgIpc) is 0.846. The van der Waals surface area contributed by atoms with E-state index in [2.05, 4.69) is 36.3 Å². The minimum atomic E-state index is -4.62. The van der Waals surface area contributed by atoms with E-state index in [-0.39, 0.29) is 50.6 Å². The van der Waals surface area contributed by atoms with E-state index in [0.29, 0.717) is 74.1 Å². The Morgan fingerprint density at radius 1 is 0.512 bits per heavy atom. The molecule has 4 amide bonds. The van der Waals surface area contributed by atoms with E-state index in [4.69, 9.17) is 65.1 Å². The molecule has 1 aliphatic heterocycles. The number of urea groups is 1. The van der Waals surface area contributed by atoms with Crippen molar-refractivity contribution >= 4 is 105 Å². The maximum atomic E-state index is 13.3. The number of nitrogens with zero attached hydrogens (tertiary/aromatic N) is 6. The lowest BCUT2D eigenvalue weighted by atomic mass is 9.83. The first-order valence-corrected chi connectivity index (χ1v) is 40.0. The van der Waals surface area contributed by atoms with Crippen LogP contribution in [0.1, 0.15) is 120 Å². The molecule has 0 radical (unpaired) electrons. The number of hydrogen-bond acceptors (Lipinski definition) is 14. The van der Waals surface area contributed by atoms with Gasteiger partial charge >= 0.3 is 36.3 Å². The van der Waals surface area contributed by atoms with Crippen molar-refractivity contribution in [3.63, 3.8) is 0 Å². The Kier molecular flexibility index (Phi) is 34.6. The van der Waals surface area contributed by atoms with Crippen molar-refractivity contribution < 1.29 is 78.2 Å².